The van der Waals surface area contributed by atoms with E-state index in [1.54, 1.807) is 18.3 Å². The summed E-state index contributed by atoms with van der Waals surface area (Å²) >= 11 is 0. The SMILES string of the molecule is CCCCCCOc1ccc(/C=N\NC(=O)c2ccccc2O)cc1. The highest BCUT2D eigenvalue weighted by Gasteiger charge is 2.08. The highest BCUT2D eigenvalue weighted by atomic mass is 16.5. The summed E-state index contributed by atoms with van der Waals surface area (Å²) in [4.78, 5) is 11.9. The molecule has 0 aliphatic rings. The van der Waals surface area contributed by atoms with Crippen molar-refractivity contribution in [3.05, 3.63) is 59.7 Å². The molecule has 0 spiro atoms. The molecule has 5 nitrogen and oxygen atoms in total. The molecule has 132 valence electrons. The number of amides is 1. The number of hydrogen-bond donors (Lipinski definition) is 2. The summed E-state index contributed by atoms with van der Waals surface area (Å²) < 4.78 is 5.68. The van der Waals surface area contributed by atoms with Gasteiger partial charge in [-0.2, -0.15) is 5.10 Å². The van der Waals surface area contributed by atoms with E-state index in [0.717, 1.165) is 24.3 Å². The van der Waals surface area contributed by atoms with Crippen LogP contribution in [0, 0.1) is 0 Å². The van der Waals surface area contributed by atoms with E-state index in [-0.39, 0.29) is 11.3 Å². The van der Waals surface area contributed by atoms with Gasteiger partial charge in [-0.3, -0.25) is 4.79 Å². The maximum atomic E-state index is 11.9. The molecular formula is C20H24N2O3. The maximum Gasteiger partial charge on any atom is 0.275 e. The third kappa shape index (κ3) is 6.30. The number of rotatable bonds is 9. The van der Waals surface area contributed by atoms with Crippen LogP contribution in [0.2, 0.25) is 0 Å². The number of benzene rings is 2. The summed E-state index contributed by atoms with van der Waals surface area (Å²) in [6, 6.07) is 13.8. The van der Waals surface area contributed by atoms with Gasteiger partial charge >= 0.3 is 0 Å². The molecule has 0 radical (unpaired) electrons. The zero-order chi connectivity index (χ0) is 17.9. The van der Waals surface area contributed by atoms with Gasteiger partial charge in [0.1, 0.15) is 11.5 Å². The molecule has 25 heavy (non-hydrogen) atoms. The van der Waals surface area contributed by atoms with Crippen molar-refractivity contribution >= 4 is 12.1 Å². The van der Waals surface area contributed by atoms with Gasteiger partial charge in [-0.05, 0) is 48.4 Å². The highest BCUT2D eigenvalue weighted by molar-refractivity contribution is 5.97. The quantitative estimate of drug-likeness (QED) is 0.410. The summed E-state index contributed by atoms with van der Waals surface area (Å²) in [5.74, 6) is 0.295. The average molecular weight is 340 g/mol. The summed E-state index contributed by atoms with van der Waals surface area (Å²) in [6.07, 6.45) is 6.26. The monoisotopic (exact) mass is 340 g/mol. The standard InChI is InChI=1S/C20H24N2O3/c1-2-3-4-7-14-25-17-12-10-16(11-13-17)15-21-22-20(24)18-8-5-6-9-19(18)23/h5-6,8-13,15,23H,2-4,7,14H2,1H3,(H,22,24)/b21-15-. The minimum Gasteiger partial charge on any atom is -0.507 e. The molecule has 2 N–H and O–H groups in total. The van der Waals surface area contributed by atoms with Crippen LogP contribution in [-0.4, -0.2) is 23.8 Å². The number of phenols is 1. The van der Waals surface area contributed by atoms with Crippen molar-refractivity contribution < 1.29 is 14.6 Å². The van der Waals surface area contributed by atoms with Gasteiger partial charge in [-0.25, -0.2) is 5.43 Å². The van der Waals surface area contributed by atoms with E-state index in [0.29, 0.717) is 0 Å². The Morgan fingerprint density at radius 3 is 2.60 bits per heavy atom. The normalized spacial score (nSPS) is 10.8. The third-order valence-corrected chi connectivity index (χ3v) is 3.68. The van der Waals surface area contributed by atoms with Crippen LogP contribution < -0.4 is 10.2 Å². The Morgan fingerprint density at radius 2 is 1.88 bits per heavy atom. The molecule has 0 aromatic heterocycles. The Hall–Kier alpha value is -2.82. The first-order valence-corrected chi connectivity index (χ1v) is 8.55. The second-order valence-electron chi connectivity index (χ2n) is 5.69. The lowest BCUT2D eigenvalue weighted by atomic mass is 10.2. The predicted molar refractivity (Wildman–Crippen MR) is 99.2 cm³/mol. The first-order valence-electron chi connectivity index (χ1n) is 8.55. The van der Waals surface area contributed by atoms with Crippen LogP contribution in [0.4, 0.5) is 0 Å². The topological polar surface area (TPSA) is 70.9 Å². The van der Waals surface area contributed by atoms with E-state index in [1.807, 2.05) is 24.3 Å². The minimum absolute atomic E-state index is 0.0735. The fourth-order valence-corrected chi connectivity index (χ4v) is 2.26. The first-order chi connectivity index (χ1) is 12.2. The second-order valence-corrected chi connectivity index (χ2v) is 5.69. The minimum atomic E-state index is -0.457. The highest BCUT2D eigenvalue weighted by Crippen LogP contribution is 2.15. The Bertz CT molecular complexity index is 696. The molecule has 0 saturated carbocycles. The maximum absolute atomic E-state index is 11.9. The molecule has 2 aromatic rings. The number of hydrogen-bond acceptors (Lipinski definition) is 4. The number of phenolic OH excluding ortho intramolecular Hbond substituents is 1. The molecule has 0 heterocycles. The van der Waals surface area contributed by atoms with Gasteiger partial charge in [0.25, 0.3) is 5.91 Å². The molecule has 0 fully saturated rings. The van der Waals surface area contributed by atoms with Crippen molar-refractivity contribution in [3.63, 3.8) is 0 Å². The molecule has 5 heteroatoms. The summed E-state index contributed by atoms with van der Waals surface area (Å²) in [6.45, 7) is 2.91. The van der Waals surface area contributed by atoms with Crippen LogP contribution >= 0.6 is 0 Å². The number of carbonyl (C=O) groups excluding carboxylic acids is 1. The van der Waals surface area contributed by atoms with Crippen LogP contribution in [0.5, 0.6) is 11.5 Å². The van der Waals surface area contributed by atoms with Crippen molar-refractivity contribution in [2.24, 2.45) is 5.10 Å². The zero-order valence-corrected chi connectivity index (χ0v) is 14.4. The van der Waals surface area contributed by atoms with Gasteiger partial charge in [-0.1, -0.05) is 38.3 Å². The Balaban J connectivity index is 1.79. The number of ether oxygens (including phenoxy) is 1. The number of nitrogens with zero attached hydrogens (tertiary/aromatic N) is 1. The summed E-state index contributed by atoms with van der Waals surface area (Å²) in [5.41, 5.74) is 3.43. The molecule has 2 aromatic carbocycles. The molecule has 0 bridgehead atoms. The van der Waals surface area contributed by atoms with Crippen LogP contribution in [0.25, 0.3) is 0 Å². The first kappa shape index (κ1) is 18.5. The lowest BCUT2D eigenvalue weighted by Crippen LogP contribution is -2.17. The molecular weight excluding hydrogens is 316 g/mol. The van der Waals surface area contributed by atoms with Crippen molar-refractivity contribution in [1.82, 2.24) is 5.43 Å². The van der Waals surface area contributed by atoms with Crippen molar-refractivity contribution in [2.45, 2.75) is 32.6 Å². The molecule has 0 saturated heterocycles. The van der Waals surface area contributed by atoms with Gasteiger partial charge in [0.05, 0.1) is 18.4 Å². The Kier molecular flexibility index (Phi) is 7.50. The molecule has 0 unspecified atom stereocenters. The van der Waals surface area contributed by atoms with E-state index in [2.05, 4.69) is 17.5 Å². The van der Waals surface area contributed by atoms with Gasteiger partial charge in [0, 0.05) is 0 Å². The van der Waals surface area contributed by atoms with E-state index in [4.69, 9.17) is 4.74 Å². The fourth-order valence-electron chi connectivity index (χ4n) is 2.26. The Morgan fingerprint density at radius 1 is 1.12 bits per heavy atom. The van der Waals surface area contributed by atoms with Crippen LogP contribution in [-0.2, 0) is 0 Å². The van der Waals surface area contributed by atoms with Crippen LogP contribution in [0.15, 0.2) is 53.6 Å². The van der Waals surface area contributed by atoms with Gasteiger partial charge in [-0.15, -0.1) is 0 Å². The Labute approximate surface area is 148 Å². The van der Waals surface area contributed by atoms with E-state index >= 15 is 0 Å². The average Bonchev–Trinajstić information content (AvgIpc) is 2.63. The fraction of sp³-hybridized carbons (Fsp3) is 0.300. The van der Waals surface area contributed by atoms with Crippen LogP contribution in [0.1, 0.15) is 48.5 Å². The number of unbranched alkanes of at least 4 members (excludes halogenated alkanes) is 3. The van der Waals surface area contributed by atoms with Crippen molar-refractivity contribution in [1.29, 1.82) is 0 Å². The van der Waals surface area contributed by atoms with Crippen molar-refractivity contribution in [3.8, 4) is 11.5 Å². The van der Waals surface area contributed by atoms with E-state index in [9.17, 15) is 9.90 Å². The van der Waals surface area contributed by atoms with E-state index < -0.39 is 5.91 Å². The predicted octanol–water partition coefficient (Wildman–Crippen LogP) is 4.12. The number of nitrogens with one attached hydrogen (secondary N) is 1. The summed E-state index contributed by atoms with van der Waals surface area (Å²) in [7, 11) is 0. The zero-order valence-electron chi connectivity index (χ0n) is 14.4. The molecule has 2 rings (SSSR count). The number of para-hydroxylation sites is 1. The number of hydrazone groups is 1. The summed E-state index contributed by atoms with van der Waals surface area (Å²) in [5, 5.41) is 13.5. The number of aromatic hydroxyl groups is 1. The molecule has 0 atom stereocenters. The lowest BCUT2D eigenvalue weighted by Gasteiger charge is -2.06. The molecule has 1 amide bonds. The largest absolute Gasteiger partial charge is 0.507 e. The van der Waals surface area contributed by atoms with Gasteiger partial charge in [0.15, 0.2) is 0 Å². The second kappa shape index (κ2) is 10.1. The lowest BCUT2D eigenvalue weighted by molar-refractivity contribution is 0.0952. The molecule has 0 aliphatic carbocycles. The molecule has 0 aliphatic heterocycles. The van der Waals surface area contributed by atoms with Crippen LogP contribution in [0.3, 0.4) is 0 Å². The third-order valence-electron chi connectivity index (χ3n) is 3.68. The van der Waals surface area contributed by atoms with Gasteiger partial charge < -0.3 is 9.84 Å². The van der Waals surface area contributed by atoms with Gasteiger partial charge in [0.2, 0.25) is 0 Å². The smallest absolute Gasteiger partial charge is 0.275 e. The van der Waals surface area contributed by atoms with Crippen molar-refractivity contribution in [2.75, 3.05) is 6.61 Å². The van der Waals surface area contributed by atoms with E-state index in [1.165, 1.54) is 31.4 Å². The number of carbonyl (C=O) groups is 1.